The van der Waals surface area contributed by atoms with Crippen molar-refractivity contribution in [2.45, 2.75) is 19.1 Å². The van der Waals surface area contributed by atoms with Gasteiger partial charge in [-0.1, -0.05) is 12.1 Å². The number of aryl methyl sites for hydroxylation is 1. The number of hydrogen-bond donors (Lipinski definition) is 1. The number of rotatable bonds is 5. The fourth-order valence-corrected chi connectivity index (χ4v) is 2.23. The van der Waals surface area contributed by atoms with Crippen LogP contribution in [0.1, 0.15) is 35.8 Å². The molecule has 110 valence electrons. The zero-order chi connectivity index (χ0) is 15.4. The van der Waals surface area contributed by atoms with Gasteiger partial charge in [-0.15, -0.1) is 0 Å². The van der Waals surface area contributed by atoms with E-state index in [0.29, 0.717) is 12.1 Å². The average Bonchev–Trinajstić information content (AvgIpc) is 2.93. The van der Waals surface area contributed by atoms with E-state index < -0.39 is 6.10 Å². The summed E-state index contributed by atoms with van der Waals surface area (Å²) in [5.41, 5.74) is 2.54. The van der Waals surface area contributed by atoms with Crippen LogP contribution >= 0.6 is 0 Å². The number of aromatic nitrogens is 2. The van der Waals surface area contributed by atoms with E-state index in [-0.39, 0.29) is 6.04 Å². The lowest BCUT2D eigenvalue weighted by Crippen LogP contribution is -2.27. The lowest BCUT2D eigenvalue weighted by molar-refractivity contribution is 0.108. The summed E-state index contributed by atoms with van der Waals surface area (Å²) in [6.45, 7) is 2.60. The summed E-state index contributed by atoms with van der Waals surface area (Å²) in [7, 11) is 3.87. The van der Waals surface area contributed by atoms with Crippen LogP contribution in [0.4, 0.5) is 0 Å². The molecule has 0 aliphatic rings. The molecule has 0 bridgehead atoms. The van der Waals surface area contributed by atoms with Crippen LogP contribution in [-0.4, -0.2) is 33.4 Å². The largest absolute Gasteiger partial charge is 0.387 e. The first-order valence-corrected chi connectivity index (χ1v) is 6.88. The molecule has 2 rings (SSSR count). The molecule has 0 amide bonds. The maximum atomic E-state index is 10.3. The van der Waals surface area contributed by atoms with E-state index in [4.69, 9.17) is 5.26 Å². The molecule has 2 atom stereocenters. The second kappa shape index (κ2) is 6.53. The highest BCUT2D eigenvalue weighted by Crippen LogP contribution is 2.22. The Hall–Kier alpha value is -2.16. The Balaban J connectivity index is 2.00. The molecule has 1 aromatic carbocycles. The van der Waals surface area contributed by atoms with Gasteiger partial charge in [0.1, 0.15) is 0 Å². The van der Waals surface area contributed by atoms with Gasteiger partial charge in [-0.3, -0.25) is 9.58 Å². The first-order chi connectivity index (χ1) is 10.0. The summed E-state index contributed by atoms with van der Waals surface area (Å²) in [6, 6.07) is 9.29. The minimum absolute atomic E-state index is 0.173. The van der Waals surface area contributed by atoms with Crippen molar-refractivity contribution >= 4 is 0 Å². The van der Waals surface area contributed by atoms with Gasteiger partial charge in [0.15, 0.2) is 0 Å². The summed E-state index contributed by atoms with van der Waals surface area (Å²) < 4.78 is 1.77. The van der Waals surface area contributed by atoms with Gasteiger partial charge < -0.3 is 5.11 Å². The summed E-state index contributed by atoms with van der Waals surface area (Å²) in [4.78, 5) is 2.08. The molecule has 1 N–H and O–H groups in total. The summed E-state index contributed by atoms with van der Waals surface area (Å²) in [6.07, 6.45) is 3.24. The second-order valence-corrected chi connectivity index (χ2v) is 5.31. The predicted octanol–water partition coefficient (Wildman–Crippen LogP) is 2.02. The van der Waals surface area contributed by atoms with E-state index in [9.17, 15) is 5.11 Å². The van der Waals surface area contributed by atoms with Crippen molar-refractivity contribution in [3.8, 4) is 6.07 Å². The zero-order valence-corrected chi connectivity index (χ0v) is 12.6. The molecular weight excluding hydrogens is 264 g/mol. The van der Waals surface area contributed by atoms with E-state index in [2.05, 4.69) is 23.0 Å². The molecule has 0 aliphatic heterocycles. The molecule has 0 aliphatic carbocycles. The molecular formula is C16H20N4O. The van der Waals surface area contributed by atoms with E-state index in [1.165, 1.54) is 0 Å². The maximum absolute atomic E-state index is 10.3. The fourth-order valence-electron chi connectivity index (χ4n) is 2.23. The highest BCUT2D eigenvalue weighted by molar-refractivity contribution is 5.32. The van der Waals surface area contributed by atoms with Gasteiger partial charge in [-0.2, -0.15) is 10.4 Å². The molecule has 21 heavy (non-hydrogen) atoms. The second-order valence-electron chi connectivity index (χ2n) is 5.31. The van der Waals surface area contributed by atoms with Gasteiger partial charge in [-0.25, -0.2) is 0 Å². The summed E-state index contributed by atoms with van der Waals surface area (Å²) in [5.74, 6) is 0. The third-order valence-electron chi connectivity index (χ3n) is 3.75. The van der Waals surface area contributed by atoms with Gasteiger partial charge in [0.25, 0.3) is 0 Å². The zero-order valence-electron chi connectivity index (χ0n) is 12.6. The van der Waals surface area contributed by atoms with Crippen LogP contribution in [-0.2, 0) is 7.05 Å². The number of hydrogen-bond acceptors (Lipinski definition) is 4. The number of aliphatic hydroxyl groups excluding tert-OH is 1. The molecule has 0 saturated heterocycles. The Labute approximate surface area is 125 Å². The van der Waals surface area contributed by atoms with E-state index in [0.717, 1.165) is 11.1 Å². The van der Waals surface area contributed by atoms with Gasteiger partial charge in [-0.05, 0) is 31.7 Å². The standard InChI is InChI=1S/C16H20N4O/c1-12(15-9-18-20(3)10-15)19(2)11-16(21)14-6-4-13(8-17)5-7-14/h4-7,9-10,12,16,21H,11H2,1-3H3. The van der Waals surface area contributed by atoms with E-state index in [1.807, 2.05) is 26.5 Å². The molecule has 2 unspecified atom stereocenters. The third-order valence-corrected chi connectivity index (χ3v) is 3.75. The van der Waals surface area contributed by atoms with Crippen LogP contribution in [0.25, 0.3) is 0 Å². The third kappa shape index (κ3) is 3.69. The Morgan fingerprint density at radius 3 is 2.52 bits per heavy atom. The fraction of sp³-hybridized carbons (Fsp3) is 0.375. The molecule has 0 spiro atoms. The quantitative estimate of drug-likeness (QED) is 0.912. The van der Waals surface area contributed by atoms with Crippen LogP contribution in [0.3, 0.4) is 0 Å². The smallest absolute Gasteiger partial charge is 0.0991 e. The number of nitriles is 1. The lowest BCUT2D eigenvalue weighted by Gasteiger charge is -2.26. The molecule has 1 aromatic heterocycles. The minimum Gasteiger partial charge on any atom is -0.387 e. The minimum atomic E-state index is -0.582. The predicted molar refractivity (Wildman–Crippen MR) is 80.4 cm³/mol. The number of likely N-dealkylation sites (N-methyl/N-ethyl adjacent to an activating group) is 1. The molecule has 0 radical (unpaired) electrons. The molecule has 5 nitrogen and oxygen atoms in total. The van der Waals surface area contributed by atoms with Crippen molar-refractivity contribution in [3.05, 3.63) is 53.3 Å². The molecule has 1 heterocycles. The number of aliphatic hydroxyl groups is 1. The monoisotopic (exact) mass is 284 g/mol. The van der Waals surface area contributed by atoms with Crippen LogP contribution in [0.2, 0.25) is 0 Å². The van der Waals surface area contributed by atoms with Crippen LogP contribution in [0.5, 0.6) is 0 Å². The van der Waals surface area contributed by atoms with Crippen molar-refractivity contribution in [1.29, 1.82) is 5.26 Å². The first kappa shape index (κ1) is 15.2. The Bertz CT molecular complexity index is 626. The highest BCUT2D eigenvalue weighted by Gasteiger charge is 2.17. The van der Waals surface area contributed by atoms with Crippen LogP contribution < -0.4 is 0 Å². The summed E-state index contributed by atoms with van der Waals surface area (Å²) in [5, 5.41) is 23.3. The topological polar surface area (TPSA) is 65.1 Å². The van der Waals surface area contributed by atoms with E-state index in [1.54, 1.807) is 28.9 Å². The number of nitrogens with zero attached hydrogens (tertiary/aromatic N) is 4. The Morgan fingerprint density at radius 2 is 2.00 bits per heavy atom. The molecule has 5 heteroatoms. The van der Waals surface area contributed by atoms with Crippen molar-refractivity contribution in [2.24, 2.45) is 7.05 Å². The van der Waals surface area contributed by atoms with Crippen molar-refractivity contribution < 1.29 is 5.11 Å². The van der Waals surface area contributed by atoms with Crippen LogP contribution in [0.15, 0.2) is 36.7 Å². The van der Waals surface area contributed by atoms with Gasteiger partial charge in [0, 0.05) is 31.4 Å². The van der Waals surface area contributed by atoms with Crippen molar-refractivity contribution in [1.82, 2.24) is 14.7 Å². The SMILES string of the molecule is CC(c1cnn(C)c1)N(C)CC(O)c1ccc(C#N)cc1. The molecule has 2 aromatic rings. The summed E-state index contributed by atoms with van der Waals surface area (Å²) >= 11 is 0. The van der Waals surface area contributed by atoms with Gasteiger partial charge in [0.05, 0.1) is 23.9 Å². The highest BCUT2D eigenvalue weighted by atomic mass is 16.3. The van der Waals surface area contributed by atoms with Gasteiger partial charge >= 0.3 is 0 Å². The Morgan fingerprint density at radius 1 is 1.33 bits per heavy atom. The normalized spacial score (nSPS) is 13.9. The molecule has 0 saturated carbocycles. The van der Waals surface area contributed by atoms with Crippen molar-refractivity contribution in [2.75, 3.05) is 13.6 Å². The maximum Gasteiger partial charge on any atom is 0.0991 e. The van der Waals surface area contributed by atoms with E-state index >= 15 is 0 Å². The molecule has 0 fully saturated rings. The first-order valence-electron chi connectivity index (χ1n) is 6.88. The van der Waals surface area contributed by atoms with Gasteiger partial charge in [0.2, 0.25) is 0 Å². The average molecular weight is 284 g/mol. The van der Waals surface area contributed by atoms with Crippen molar-refractivity contribution in [3.63, 3.8) is 0 Å². The number of benzene rings is 1. The Kier molecular flexibility index (Phi) is 4.73. The van der Waals surface area contributed by atoms with Crippen LogP contribution in [0, 0.1) is 11.3 Å². The lowest BCUT2D eigenvalue weighted by atomic mass is 10.1.